The van der Waals surface area contributed by atoms with Crippen LogP contribution >= 0.6 is 12.2 Å². The fourth-order valence-electron chi connectivity index (χ4n) is 7.82. The molecule has 5 rings (SSSR count). The molecule has 0 aliphatic heterocycles. The highest BCUT2D eigenvalue weighted by Gasteiger charge is 2.76. The smallest absolute Gasteiger partial charge is 0.375 e. The number of hydrogen-bond acceptors (Lipinski definition) is 6. The molecule has 8 atom stereocenters. The van der Waals surface area contributed by atoms with Crippen LogP contribution in [-0.2, 0) is 9.53 Å². The molecule has 0 spiro atoms. The van der Waals surface area contributed by atoms with Gasteiger partial charge in [0, 0.05) is 23.3 Å². The average Bonchev–Trinajstić information content (AvgIpc) is 3.39. The van der Waals surface area contributed by atoms with Crippen molar-refractivity contribution in [3.63, 3.8) is 0 Å². The van der Waals surface area contributed by atoms with Crippen LogP contribution in [-0.4, -0.2) is 44.5 Å². The van der Waals surface area contributed by atoms with Crippen LogP contribution in [0.25, 0.3) is 0 Å². The van der Waals surface area contributed by atoms with Crippen molar-refractivity contribution in [2.24, 2.45) is 28.6 Å². The lowest BCUT2D eigenvalue weighted by Crippen LogP contribution is -2.66. The molecular weight excluding hydrogens is 478 g/mol. The first-order chi connectivity index (χ1) is 16.3. The summed E-state index contributed by atoms with van der Waals surface area (Å²) in [5, 5.41) is 21.1. The highest BCUT2D eigenvalue weighted by atomic mass is 32.1. The van der Waals surface area contributed by atoms with E-state index in [0.717, 1.165) is 12.2 Å². The van der Waals surface area contributed by atoms with Crippen molar-refractivity contribution in [2.75, 3.05) is 0 Å². The standard InChI is InChI=1S/C26H28F2O6S/c1-13-9-15-16-12-18(27)17-10-14(29)11-20(30)24(17,3)25(16,28)7-6-23(15,2)26(13,22(32)35)34-21(31)19-5-4-8-33-19/h4-5,8,10-11,13,15-16,18,30H,6-7,9,12H2,1-3H3,(H,32,35)/t13-,15+,16+,18+,23+,24-,25-,26+/m1/s1. The molecule has 0 amide bonds. The van der Waals surface area contributed by atoms with E-state index >= 15 is 8.78 Å². The second-order valence-electron chi connectivity index (χ2n) is 10.9. The van der Waals surface area contributed by atoms with Crippen LogP contribution in [0.2, 0.25) is 0 Å². The number of ether oxygens (including phenoxy) is 1. The van der Waals surface area contributed by atoms with Gasteiger partial charge in [-0.3, -0.25) is 4.79 Å². The predicted octanol–water partition coefficient (Wildman–Crippen LogP) is 5.54. The zero-order valence-corrected chi connectivity index (χ0v) is 20.5. The molecule has 3 fully saturated rings. The SMILES string of the molecule is C[C@@H]1C[C@H]2[C@@H]3C[C@H](F)C4=CC(=O)C=C(O)[C@]4(C)[C@@]3(F)CC[C@]2(C)[C@@]1(OC(=O)c1ccco1)C(O)=S. The summed E-state index contributed by atoms with van der Waals surface area (Å²) in [5.74, 6) is -3.77. The van der Waals surface area contributed by atoms with Crippen LogP contribution in [0, 0.1) is 28.6 Å². The van der Waals surface area contributed by atoms with Gasteiger partial charge in [0.25, 0.3) is 0 Å². The molecule has 1 heterocycles. The van der Waals surface area contributed by atoms with Crippen molar-refractivity contribution in [2.45, 2.75) is 63.9 Å². The normalized spacial score (nSPS) is 44.4. The number of hydrogen-bond donors (Lipinski definition) is 2. The summed E-state index contributed by atoms with van der Waals surface area (Å²) < 4.78 is 43.9. The maximum absolute atomic E-state index is 17.2. The summed E-state index contributed by atoms with van der Waals surface area (Å²) in [5.41, 5.74) is -6.39. The molecule has 2 N–H and O–H groups in total. The molecule has 0 radical (unpaired) electrons. The third kappa shape index (κ3) is 2.81. The third-order valence-corrected chi connectivity index (χ3v) is 9.94. The van der Waals surface area contributed by atoms with Crippen LogP contribution in [0.3, 0.4) is 0 Å². The van der Waals surface area contributed by atoms with Crippen LogP contribution in [0.4, 0.5) is 8.78 Å². The zero-order valence-electron chi connectivity index (χ0n) is 19.7. The fraction of sp³-hybridized carbons (Fsp3) is 0.577. The average molecular weight is 507 g/mol. The maximum Gasteiger partial charge on any atom is 0.375 e. The number of fused-ring (bicyclic) bond motifs is 5. The van der Waals surface area contributed by atoms with E-state index in [0.29, 0.717) is 6.42 Å². The van der Waals surface area contributed by atoms with Gasteiger partial charge in [0.15, 0.2) is 11.4 Å². The lowest BCUT2D eigenvalue weighted by atomic mass is 9.45. The molecule has 188 valence electrons. The Bertz CT molecular complexity index is 1180. The molecule has 0 bridgehead atoms. The van der Waals surface area contributed by atoms with Crippen molar-refractivity contribution >= 4 is 29.0 Å². The quantitative estimate of drug-likeness (QED) is 0.410. The number of ketones is 1. The van der Waals surface area contributed by atoms with Crippen molar-refractivity contribution in [3.05, 3.63) is 47.6 Å². The zero-order chi connectivity index (χ0) is 25.6. The molecule has 9 heteroatoms. The van der Waals surface area contributed by atoms with E-state index in [9.17, 15) is 19.8 Å². The van der Waals surface area contributed by atoms with Gasteiger partial charge in [0.05, 0.1) is 11.7 Å². The molecule has 3 saturated carbocycles. The maximum atomic E-state index is 17.2. The number of carbonyl (C=O) groups excluding carboxylic acids is 2. The number of rotatable bonds is 3. The topological polar surface area (TPSA) is 97.0 Å². The molecule has 0 aromatic carbocycles. The van der Waals surface area contributed by atoms with Crippen molar-refractivity contribution in [3.8, 4) is 0 Å². The van der Waals surface area contributed by atoms with E-state index in [1.54, 1.807) is 13.8 Å². The molecule has 0 unspecified atom stereocenters. The highest BCUT2D eigenvalue weighted by molar-refractivity contribution is 7.80. The number of esters is 1. The molecule has 4 aliphatic rings. The van der Waals surface area contributed by atoms with E-state index in [1.807, 2.05) is 0 Å². The largest absolute Gasteiger partial charge is 0.511 e. The molecule has 6 nitrogen and oxygen atoms in total. The summed E-state index contributed by atoms with van der Waals surface area (Å²) in [4.78, 5) is 25.0. The van der Waals surface area contributed by atoms with E-state index in [-0.39, 0.29) is 30.6 Å². The number of aliphatic hydroxyl groups excluding tert-OH is 2. The van der Waals surface area contributed by atoms with E-state index < -0.39 is 68.6 Å². The molecule has 0 saturated heterocycles. The predicted molar refractivity (Wildman–Crippen MR) is 125 cm³/mol. The van der Waals surface area contributed by atoms with Crippen molar-refractivity contribution in [1.29, 1.82) is 0 Å². The lowest BCUT2D eigenvalue weighted by molar-refractivity contribution is -0.169. The van der Waals surface area contributed by atoms with Gasteiger partial charge in [-0.05, 0) is 74.5 Å². The Balaban J connectivity index is 1.60. The number of alkyl halides is 2. The molecule has 35 heavy (non-hydrogen) atoms. The first-order valence-electron chi connectivity index (χ1n) is 11.8. The summed E-state index contributed by atoms with van der Waals surface area (Å²) in [6.45, 7) is 5.04. The first-order valence-corrected chi connectivity index (χ1v) is 12.2. The minimum absolute atomic E-state index is 0.0379. The summed E-state index contributed by atoms with van der Waals surface area (Å²) in [7, 11) is 0. The Morgan fingerprint density at radius 1 is 1.23 bits per heavy atom. The minimum atomic E-state index is -2.05. The van der Waals surface area contributed by atoms with Gasteiger partial charge in [0.2, 0.25) is 10.8 Å². The van der Waals surface area contributed by atoms with Crippen LogP contribution in [0.15, 0.2) is 46.3 Å². The van der Waals surface area contributed by atoms with Gasteiger partial charge in [-0.1, -0.05) is 13.8 Å². The van der Waals surface area contributed by atoms with Gasteiger partial charge in [-0.15, -0.1) is 0 Å². The van der Waals surface area contributed by atoms with Crippen LogP contribution < -0.4 is 0 Å². The molecular formula is C26H28F2O6S. The molecule has 1 aromatic heterocycles. The van der Waals surface area contributed by atoms with E-state index in [1.165, 1.54) is 25.3 Å². The Kier molecular flexibility index (Phi) is 5.16. The summed E-state index contributed by atoms with van der Waals surface area (Å²) in [6, 6.07) is 2.97. The molecule has 4 aliphatic carbocycles. The number of halogens is 2. The van der Waals surface area contributed by atoms with Gasteiger partial charge in [-0.2, -0.15) is 0 Å². The third-order valence-electron chi connectivity index (χ3n) is 9.64. The van der Waals surface area contributed by atoms with Crippen molar-refractivity contribution < 1.29 is 37.7 Å². The highest BCUT2D eigenvalue weighted by Crippen LogP contribution is 2.72. The van der Waals surface area contributed by atoms with Crippen molar-refractivity contribution in [1.82, 2.24) is 0 Å². The number of allylic oxidation sites excluding steroid dienone is 3. The Labute approximate surface area is 207 Å². The second kappa shape index (κ2) is 7.48. The fourth-order valence-corrected chi connectivity index (χ4v) is 8.30. The number of thiocarbonyl (C=S) groups is 1. The first kappa shape index (κ1) is 24.2. The Morgan fingerprint density at radius 2 is 1.94 bits per heavy atom. The van der Waals surface area contributed by atoms with Crippen LogP contribution in [0.1, 0.15) is 57.0 Å². The van der Waals surface area contributed by atoms with E-state index in [4.69, 9.17) is 21.4 Å². The van der Waals surface area contributed by atoms with Crippen LogP contribution in [0.5, 0.6) is 0 Å². The van der Waals surface area contributed by atoms with Gasteiger partial charge >= 0.3 is 5.97 Å². The van der Waals surface area contributed by atoms with E-state index in [2.05, 4.69) is 0 Å². The van der Waals surface area contributed by atoms with Gasteiger partial charge < -0.3 is 19.4 Å². The Hall–Kier alpha value is -2.55. The lowest BCUT2D eigenvalue weighted by Gasteiger charge is -2.61. The molecule has 1 aromatic rings. The minimum Gasteiger partial charge on any atom is -0.511 e. The van der Waals surface area contributed by atoms with Gasteiger partial charge in [-0.25, -0.2) is 13.6 Å². The number of carbonyl (C=O) groups is 2. The summed E-state index contributed by atoms with van der Waals surface area (Å²) in [6.07, 6.45) is 1.94. The number of furan rings is 1. The summed E-state index contributed by atoms with van der Waals surface area (Å²) >= 11 is 5.26. The Morgan fingerprint density at radius 3 is 2.57 bits per heavy atom. The van der Waals surface area contributed by atoms with Gasteiger partial charge in [0.1, 0.15) is 17.6 Å². The number of aliphatic hydroxyl groups is 2. The monoisotopic (exact) mass is 506 g/mol. The second-order valence-corrected chi connectivity index (χ2v) is 11.3.